The number of hydrogen-bond donors (Lipinski definition) is 1. The van der Waals surface area contributed by atoms with E-state index in [4.69, 9.17) is 5.11 Å². The van der Waals surface area contributed by atoms with Crippen LogP contribution in [0.2, 0.25) is 0 Å². The second kappa shape index (κ2) is 10.4. The Morgan fingerprint density at radius 2 is 1.95 bits per heavy atom. The van der Waals surface area contributed by atoms with Crippen LogP contribution in [0.1, 0.15) is 61.2 Å². The predicted octanol–water partition coefficient (Wildman–Crippen LogP) is 3.52. The lowest BCUT2D eigenvalue weighted by atomic mass is 10.2. The van der Waals surface area contributed by atoms with Gasteiger partial charge >= 0.3 is 0 Å². The van der Waals surface area contributed by atoms with Crippen molar-refractivity contribution in [1.82, 2.24) is 4.90 Å². The molecule has 0 aliphatic rings. The molecule has 0 radical (unpaired) electrons. The Labute approximate surface area is 132 Å². The van der Waals surface area contributed by atoms with Crippen molar-refractivity contribution in [2.75, 3.05) is 19.7 Å². The number of thiophene rings is 1. The molecule has 1 heterocycles. The number of aliphatic hydroxyl groups is 1. The topological polar surface area (TPSA) is 40.5 Å². The minimum absolute atomic E-state index is 0.0551. The van der Waals surface area contributed by atoms with E-state index in [9.17, 15) is 4.79 Å². The summed E-state index contributed by atoms with van der Waals surface area (Å²) in [5, 5.41) is 10.7. The lowest BCUT2D eigenvalue weighted by molar-refractivity contribution is 0.0755. The van der Waals surface area contributed by atoms with Crippen LogP contribution in [0.5, 0.6) is 0 Å². The van der Waals surface area contributed by atoms with Crippen molar-refractivity contribution < 1.29 is 9.90 Å². The normalized spacial score (nSPS) is 10.0. The molecule has 116 valence electrons. The molecule has 21 heavy (non-hydrogen) atoms. The summed E-state index contributed by atoms with van der Waals surface area (Å²) in [6.45, 7) is 5.96. The maximum Gasteiger partial charge on any atom is 0.265 e. The van der Waals surface area contributed by atoms with Gasteiger partial charge in [-0.2, -0.15) is 0 Å². The maximum atomic E-state index is 12.7. The molecule has 0 atom stereocenters. The summed E-state index contributed by atoms with van der Waals surface area (Å²) < 4.78 is 0. The van der Waals surface area contributed by atoms with Crippen molar-refractivity contribution in [3.8, 4) is 11.8 Å². The summed E-state index contributed by atoms with van der Waals surface area (Å²) >= 11 is 1.45. The molecule has 0 aromatic carbocycles. The van der Waals surface area contributed by atoms with Gasteiger partial charge in [0.15, 0.2) is 0 Å². The van der Waals surface area contributed by atoms with E-state index in [0.29, 0.717) is 6.42 Å². The zero-order valence-corrected chi connectivity index (χ0v) is 13.8. The highest BCUT2D eigenvalue weighted by Gasteiger charge is 2.18. The molecule has 0 saturated heterocycles. The van der Waals surface area contributed by atoms with Gasteiger partial charge in [0.2, 0.25) is 0 Å². The Hall–Kier alpha value is -1.31. The van der Waals surface area contributed by atoms with Crippen LogP contribution in [-0.2, 0) is 0 Å². The summed E-state index contributed by atoms with van der Waals surface area (Å²) in [5.41, 5.74) is 0.788. The van der Waals surface area contributed by atoms with Gasteiger partial charge in [-0.05, 0) is 24.3 Å². The first kappa shape index (κ1) is 17.7. The zero-order valence-electron chi connectivity index (χ0n) is 13.0. The fraction of sp³-hybridized carbons (Fsp3) is 0.588. The van der Waals surface area contributed by atoms with Crippen LogP contribution in [0.3, 0.4) is 0 Å². The van der Waals surface area contributed by atoms with Gasteiger partial charge in [0, 0.05) is 25.1 Å². The highest BCUT2D eigenvalue weighted by Crippen LogP contribution is 2.19. The number of aliphatic hydroxyl groups excluding tert-OH is 1. The van der Waals surface area contributed by atoms with Crippen LogP contribution in [0, 0.1) is 11.8 Å². The number of carbonyl (C=O) groups excluding carboxylic acids is 1. The summed E-state index contributed by atoms with van der Waals surface area (Å²) in [6, 6.07) is 1.89. The Balaban J connectivity index is 2.83. The van der Waals surface area contributed by atoms with E-state index >= 15 is 0 Å². The quantitative estimate of drug-likeness (QED) is 0.746. The SMILES string of the molecule is CCCCN(CCCC)C(=O)c1sccc1C#CCCO. The van der Waals surface area contributed by atoms with E-state index in [1.807, 2.05) is 16.3 Å². The second-order valence-electron chi connectivity index (χ2n) is 4.94. The van der Waals surface area contributed by atoms with Crippen LogP contribution in [0.25, 0.3) is 0 Å². The Morgan fingerprint density at radius 1 is 1.29 bits per heavy atom. The fourth-order valence-corrected chi connectivity index (χ4v) is 2.76. The molecule has 1 amide bonds. The first-order valence-electron chi connectivity index (χ1n) is 7.71. The van der Waals surface area contributed by atoms with E-state index in [1.54, 1.807) is 0 Å². The van der Waals surface area contributed by atoms with Crippen molar-refractivity contribution in [2.45, 2.75) is 46.0 Å². The van der Waals surface area contributed by atoms with E-state index in [-0.39, 0.29) is 12.5 Å². The first-order chi connectivity index (χ1) is 10.2. The largest absolute Gasteiger partial charge is 0.395 e. The van der Waals surface area contributed by atoms with Gasteiger partial charge in [-0.15, -0.1) is 11.3 Å². The first-order valence-corrected chi connectivity index (χ1v) is 8.59. The van der Waals surface area contributed by atoms with Crippen LogP contribution >= 0.6 is 11.3 Å². The lowest BCUT2D eigenvalue weighted by Crippen LogP contribution is -2.32. The molecule has 4 heteroatoms. The zero-order chi connectivity index (χ0) is 15.5. The third-order valence-electron chi connectivity index (χ3n) is 3.17. The molecule has 0 bridgehead atoms. The molecule has 0 spiro atoms. The van der Waals surface area contributed by atoms with Crippen molar-refractivity contribution in [3.05, 3.63) is 21.9 Å². The number of nitrogens with zero attached hydrogens (tertiary/aromatic N) is 1. The average Bonchev–Trinajstić information content (AvgIpc) is 2.95. The van der Waals surface area contributed by atoms with E-state index in [2.05, 4.69) is 25.7 Å². The molecule has 0 unspecified atom stereocenters. The van der Waals surface area contributed by atoms with Crippen molar-refractivity contribution in [1.29, 1.82) is 0 Å². The van der Waals surface area contributed by atoms with Gasteiger partial charge in [-0.25, -0.2) is 0 Å². The van der Waals surface area contributed by atoms with E-state index in [1.165, 1.54) is 11.3 Å². The number of carbonyl (C=O) groups is 1. The van der Waals surface area contributed by atoms with Crippen molar-refractivity contribution in [3.63, 3.8) is 0 Å². The van der Waals surface area contributed by atoms with Crippen LogP contribution < -0.4 is 0 Å². The van der Waals surface area contributed by atoms with Crippen LogP contribution in [0.4, 0.5) is 0 Å². The highest BCUT2D eigenvalue weighted by atomic mass is 32.1. The Bertz CT molecular complexity index is 476. The van der Waals surface area contributed by atoms with E-state index in [0.717, 1.165) is 49.2 Å². The van der Waals surface area contributed by atoms with Gasteiger partial charge in [0.05, 0.1) is 6.61 Å². The molecular weight excluding hydrogens is 282 g/mol. The molecule has 0 saturated carbocycles. The number of hydrogen-bond acceptors (Lipinski definition) is 3. The number of rotatable bonds is 8. The monoisotopic (exact) mass is 307 g/mol. The fourth-order valence-electron chi connectivity index (χ4n) is 1.94. The average molecular weight is 307 g/mol. The minimum atomic E-state index is 0.0551. The van der Waals surface area contributed by atoms with Crippen molar-refractivity contribution in [2.24, 2.45) is 0 Å². The summed E-state index contributed by atoms with van der Waals surface area (Å²) in [7, 11) is 0. The molecule has 0 fully saturated rings. The molecule has 1 N–H and O–H groups in total. The third-order valence-corrected chi connectivity index (χ3v) is 4.07. The summed E-state index contributed by atoms with van der Waals surface area (Å²) in [4.78, 5) is 15.4. The standard InChI is InChI=1S/C17H25NO2S/c1-3-5-11-18(12-6-4-2)17(20)16-15(10-14-21-16)9-7-8-13-19/h10,14,19H,3-6,8,11-13H2,1-2H3. The van der Waals surface area contributed by atoms with E-state index < -0.39 is 0 Å². The van der Waals surface area contributed by atoms with Gasteiger partial charge in [-0.1, -0.05) is 38.5 Å². The third kappa shape index (κ3) is 5.91. The smallest absolute Gasteiger partial charge is 0.265 e. The van der Waals surface area contributed by atoms with Crippen LogP contribution in [-0.4, -0.2) is 35.6 Å². The second-order valence-corrected chi connectivity index (χ2v) is 5.85. The number of unbranched alkanes of at least 4 members (excludes halogenated alkanes) is 2. The number of amides is 1. The maximum absolute atomic E-state index is 12.7. The predicted molar refractivity (Wildman–Crippen MR) is 88.6 cm³/mol. The van der Waals surface area contributed by atoms with Gasteiger partial charge in [0.25, 0.3) is 5.91 Å². The van der Waals surface area contributed by atoms with Gasteiger partial charge in [-0.3, -0.25) is 4.79 Å². The minimum Gasteiger partial charge on any atom is -0.395 e. The lowest BCUT2D eigenvalue weighted by Gasteiger charge is -2.22. The molecule has 3 nitrogen and oxygen atoms in total. The Kier molecular flexibility index (Phi) is 8.80. The van der Waals surface area contributed by atoms with Crippen LogP contribution in [0.15, 0.2) is 11.4 Å². The molecule has 0 aliphatic carbocycles. The highest BCUT2D eigenvalue weighted by molar-refractivity contribution is 7.12. The Morgan fingerprint density at radius 3 is 2.52 bits per heavy atom. The van der Waals surface area contributed by atoms with Crippen molar-refractivity contribution >= 4 is 17.2 Å². The molecule has 1 aromatic rings. The molecule has 1 rings (SSSR count). The molecular formula is C17H25NO2S. The van der Waals surface area contributed by atoms with Gasteiger partial charge in [0.1, 0.15) is 4.88 Å². The van der Waals surface area contributed by atoms with Gasteiger partial charge < -0.3 is 10.0 Å². The summed E-state index contributed by atoms with van der Waals surface area (Å²) in [5.74, 6) is 5.99. The molecule has 1 aromatic heterocycles. The summed E-state index contributed by atoms with van der Waals surface area (Å²) in [6.07, 6.45) is 4.69. The molecule has 0 aliphatic heterocycles.